The Kier molecular flexibility index (Phi) is 6.18. The predicted octanol–water partition coefficient (Wildman–Crippen LogP) is 2.56. The minimum absolute atomic E-state index is 0.344. The highest BCUT2D eigenvalue weighted by Crippen LogP contribution is 2.10. The summed E-state index contributed by atoms with van der Waals surface area (Å²) in [4.78, 5) is 10.5. The van der Waals surface area contributed by atoms with Gasteiger partial charge in [0, 0.05) is 5.69 Å². The van der Waals surface area contributed by atoms with E-state index >= 15 is 0 Å². The first-order chi connectivity index (χ1) is 7.09. The largest absolute Gasteiger partial charge is 0.481 e. The van der Waals surface area contributed by atoms with Gasteiger partial charge < -0.3 is 10.8 Å². The summed E-state index contributed by atoms with van der Waals surface area (Å²) in [5, 5.41) is 8.67. The van der Waals surface area contributed by atoms with Gasteiger partial charge in [-0.05, 0) is 24.1 Å². The van der Waals surface area contributed by atoms with Crippen molar-refractivity contribution in [2.45, 2.75) is 27.2 Å². The highest BCUT2D eigenvalue weighted by atomic mass is 16.4. The van der Waals surface area contributed by atoms with Gasteiger partial charge in [0.05, 0.1) is 5.92 Å². The van der Waals surface area contributed by atoms with Crippen LogP contribution in [-0.4, -0.2) is 11.1 Å². The molecule has 15 heavy (non-hydrogen) atoms. The molecule has 1 rings (SSSR count). The molecule has 84 valence electrons. The van der Waals surface area contributed by atoms with Crippen LogP contribution in [0.2, 0.25) is 0 Å². The summed E-state index contributed by atoms with van der Waals surface area (Å²) in [6.45, 7) is 5.69. The van der Waals surface area contributed by atoms with Crippen LogP contribution in [0.15, 0.2) is 24.3 Å². The second-order valence-corrected chi connectivity index (χ2v) is 3.18. The highest BCUT2D eigenvalue weighted by molar-refractivity contribution is 5.69. The fourth-order valence-electron chi connectivity index (χ4n) is 1.09. The van der Waals surface area contributed by atoms with Crippen molar-refractivity contribution in [2.24, 2.45) is 5.92 Å². The van der Waals surface area contributed by atoms with Crippen molar-refractivity contribution in [3.05, 3.63) is 29.8 Å². The van der Waals surface area contributed by atoms with E-state index in [0.29, 0.717) is 12.1 Å². The van der Waals surface area contributed by atoms with Crippen molar-refractivity contribution < 1.29 is 9.90 Å². The third-order valence-corrected chi connectivity index (χ3v) is 1.94. The Morgan fingerprint density at radius 1 is 1.33 bits per heavy atom. The van der Waals surface area contributed by atoms with Crippen LogP contribution in [0.3, 0.4) is 0 Å². The maximum atomic E-state index is 10.5. The lowest BCUT2D eigenvalue weighted by Gasteiger charge is -2.05. The number of hydrogen-bond donors (Lipinski definition) is 2. The Bertz CT molecular complexity index is 293. The molecule has 1 aromatic rings. The Morgan fingerprint density at radius 3 is 2.20 bits per heavy atom. The van der Waals surface area contributed by atoms with Gasteiger partial charge in [-0.1, -0.05) is 32.9 Å². The van der Waals surface area contributed by atoms with E-state index in [1.807, 2.05) is 26.0 Å². The molecule has 0 aliphatic heterocycles. The summed E-state index contributed by atoms with van der Waals surface area (Å²) >= 11 is 0. The maximum Gasteiger partial charge on any atom is 0.306 e. The number of aliphatic carboxylic acids is 1. The second-order valence-electron chi connectivity index (χ2n) is 3.18. The molecule has 0 amide bonds. The molecule has 0 radical (unpaired) electrons. The molecule has 0 saturated carbocycles. The maximum absolute atomic E-state index is 10.5. The standard InChI is InChI=1S/C10H13NO2.C2H6/c1-7(10(12)13)6-8-2-4-9(11)5-3-8;1-2/h2-5,7H,6,11H2,1H3,(H,12,13);1-2H3/t7-;/m0./s1. The van der Waals surface area contributed by atoms with Crippen molar-refractivity contribution in [1.82, 2.24) is 0 Å². The molecule has 1 aromatic carbocycles. The van der Waals surface area contributed by atoms with Crippen molar-refractivity contribution in [2.75, 3.05) is 5.73 Å². The van der Waals surface area contributed by atoms with E-state index < -0.39 is 5.97 Å². The zero-order valence-electron chi connectivity index (χ0n) is 9.53. The molecule has 3 heteroatoms. The second kappa shape index (κ2) is 6.87. The number of carbonyl (C=O) groups is 1. The number of hydrogen-bond acceptors (Lipinski definition) is 2. The van der Waals surface area contributed by atoms with Crippen LogP contribution in [-0.2, 0) is 11.2 Å². The lowest BCUT2D eigenvalue weighted by molar-refractivity contribution is -0.141. The molecule has 0 unspecified atom stereocenters. The highest BCUT2D eigenvalue weighted by Gasteiger charge is 2.10. The number of rotatable bonds is 3. The molecule has 0 aliphatic carbocycles. The van der Waals surface area contributed by atoms with Crippen LogP contribution in [0, 0.1) is 5.92 Å². The number of nitrogen functional groups attached to an aromatic ring is 1. The van der Waals surface area contributed by atoms with Crippen LogP contribution in [0.25, 0.3) is 0 Å². The van der Waals surface area contributed by atoms with E-state index in [1.54, 1.807) is 19.1 Å². The molecule has 3 nitrogen and oxygen atoms in total. The molecule has 0 bridgehead atoms. The van der Waals surface area contributed by atoms with E-state index in [-0.39, 0.29) is 5.92 Å². The summed E-state index contributed by atoms with van der Waals surface area (Å²) in [5.74, 6) is -1.11. The third kappa shape index (κ3) is 5.05. The van der Waals surface area contributed by atoms with E-state index in [1.165, 1.54) is 0 Å². The number of carboxylic acid groups (broad SMARTS) is 1. The monoisotopic (exact) mass is 209 g/mol. The summed E-state index contributed by atoms with van der Waals surface area (Å²) in [6, 6.07) is 7.28. The van der Waals surface area contributed by atoms with Gasteiger partial charge in [-0.2, -0.15) is 0 Å². The Hall–Kier alpha value is -1.51. The number of anilines is 1. The molecule has 0 fully saturated rings. The van der Waals surface area contributed by atoms with Gasteiger partial charge in [-0.15, -0.1) is 0 Å². The zero-order valence-corrected chi connectivity index (χ0v) is 9.53. The fourth-order valence-corrected chi connectivity index (χ4v) is 1.09. The zero-order chi connectivity index (χ0) is 11.8. The molecule has 0 saturated heterocycles. The van der Waals surface area contributed by atoms with Crippen LogP contribution >= 0.6 is 0 Å². The lowest BCUT2D eigenvalue weighted by Crippen LogP contribution is -2.12. The quantitative estimate of drug-likeness (QED) is 0.752. The minimum Gasteiger partial charge on any atom is -0.481 e. The van der Waals surface area contributed by atoms with Crippen molar-refractivity contribution in [3.63, 3.8) is 0 Å². The average Bonchev–Trinajstić information content (AvgIpc) is 2.24. The van der Waals surface area contributed by atoms with Gasteiger partial charge >= 0.3 is 5.97 Å². The molecule has 0 aromatic heterocycles. The van der Waals surface area contributed by atoms with E-state index in [4.69, 9.17) is 10.8 Å². The predicted molar refractivity (Wildman–Crippen MR) is 62.7 cm³/mol. The Labute approximate surface area is 90.9 Å². The van der Waals surface area contributed by atoms with Crippen molar-refractivity contribution >= 4 is 11.7 Å². The lowest BCUT2D eigenvalue weighted by atomic mass is 10.0. The molecule has 0 spiro atoms. The van der Waals surface area contributed by atoms with Gasteiger partial charge in [0.2, 0.25) is 0 Å². The van der Waals surface area contributed by atoms with Crippen molar-refractivity contribution in [3.8, 4) is 0 Å². The topological polar surface area (TPSA) is 63.3 Å². The molecular weight excluding hydrogens is 190 g/mol. The van der Waals surface area contributed by atoms with Gasteiger partial charge in [0.15, 0.2) is 0 Å². The minimum atomic E-state index is -0.767. The van der Waals surface area contributed by atoms with Crippen LogP contribution in [0.1, 0.15) is 26.3 Å². The normalized spacial score (nSPS) is 11.1. The molecule has 0 aliphatic rings. The average molecular weight is 209 g/mol. The first kappa shape index (κ1) is 13.5. The Balaban J connectivity index is 0.000000921. The smallest absolute Gasteiger partial charge is 0.306 e. The molecule has 3 N–H and O–H groups in total. The van der Waals surface area contributed by atoms with E-state index in [9.17, 15) is 4.79 Å². The number of benzene rings is 1. The summed E-state index contributed by atoms with van der Waals surface area (Å²) < 4.78 is 0. The summed E-state index contributed by atoms with van der Waals surface area (Å²) in [5.41, 5.74) is 7.21. The van der Waals surface area contributed by atoms with E-state index in [0.717, 1.165) is 5.56 Å². The molecular formula is C12H19NO2. The first-order valence-electron chi connectivity index (χ1n) is 5.17. The number of carboxylic acids is 1. The van der Waals surface area contributed by atoms with Crippen LogP contribution < -0.4 is 5.73 Å². The fraction of sp³-hybridized carbons (Fsp3) is 0.417. The van der Waals surface area contributed by atoms with Crippen LogP contribution in [0.4, 0.5) is 5.69 Å². The van der Waals surface area contributed by atoms with Crippen LogP contribution in [0.5, 0.6) is 0 Å². The summed E-state index contributed by atoms with van der Waals surface area (Å²) in [6.07, 6.45) is 0.551. The Morgan fingerprint density at radius 2 is 1.80 bits per heavy atom. The van der Waals surface area contributed by atoms with Gasteiger partial charge in [0.25, 0.3) is 0 Å². The molecule has 1 atom stereocenters. The number of nitrogens with two attached hydrogens (primary N) is 1. The summed E-state index contributed by atoms with van der Waals surface area (Å²) in [7, 11) is 0. The van der Waals surface area contributed by atoms with Gasteiger partial charge in [-0.25, -0.2) is 0 Å². The van der Waals surface area contributed by atoms with E-state index in [2.05, 4.69) is 0 Å². The van der Waals surface area contributed by atoms with Gasteiger partial charge in [0.1, 0.15) is 0 Å². The first-order valence-corrected chi connectivity index (χ1v) is 5.17. The van der Waals surface area contributed by atoms with Gasteiger partial charge in [-0.3, -0.25) is 4.79 Å². The SMILES string of the molecule is CC.C[C@@H](Cc1ccc(N)cc1)C(=O)O. The molecule has 0 heterocycles. The third-order valence-electron chi connectivity index (χ3n) is 1.94. The van der Waals surface area contributed by atoms with Crippen molar-refractivity contribution in [1.29, 1.82) is 0 Å².